The Labute approximate surface area is 90.7 Å². The molecule has 0 spiro atoms. The predicted molar refractivity (Wildman–Crippen MR) is 58.7 cm³/mol. The van der Waals surface area contributed by atoms with Crippen LogP contribution in [-0.2, 0) is 4.74 Å². The molecule has 0 radical (unpaired) electrons. The van der Waals surface area contributed by atoms with E-state index >= 15 is 0 Å². The van der Waals surface area contributed by atoms with Gasteiger partial charge in [-0.05, 0) is 19.3 Å². The summed E-state index contributed by atoms with van der Waals surface area (Å²) in [6, 6.07) is -0.131. The van der Waals surface area contributed by atoms with Gasteiger partial charge in [0.25, 0.3) is 0 Å². The molecule has 0 bridgehead atoms. The number of nitrogens with one attached hydrogen (secondary N) is 2. The van der Waals surface area contributed by atoms with E-state index in [9.17, 15) is 4.79 Å². The molecule has 0 atom stereocenters. The average Bonchev–Trinajstić information content (AvgIpc) is 2.25. The number of hydrogen-bond acceptors (Lipinski definition) is 3. The van der Waals surface area contributed by atoms with E-state index in [1.54, 1.807) is 0 Å². The van der Waals surface area contributed by atoms with E-state index in [-0.39, 0.29) is 11.6 Å². The molecule has 5 heteroatoms. The number of carbonyl (C=O) groups is 1. The Bertz CT molecular complexity index is 203. The summed E-state index contributed by atoms with van der Waals surface area (Å²) in [7, 11) is 0. The smallest absolute Gasteiger partial charge is 0.314 e. The van der Waals surface area contributed by atoms with Crippen molar-refractivity contribution in [1.82, 2.24) is 10.6 Å². The van der Waals surface area contributed by atoms with Crippen LogP contribution in [0.5, 0.6) is 0 Å². The molecule has 0 saturated carbocycles. The van der Waals surface area contributed by atoms with Crippen LogP contribution in [0.25, 0.3) is 0 Å². The Morgan fingerprint density at radius 2 is 2.07 bits per heavy atom. The summed E-state index contributed by atoms with van der Waals surface area (Å²) in [4.78, 5) is 11.3. The fourth-order valence-electron chi connectivity index (χ4n) is 1.51. The van der Waals surface area contributed by atoms with E-state index in [4.69, 9.17) is 10.5 Å². The van der Waals surface area contributed by atoms with Gasteiger partial charge in [0, 0.05) is 31.8 Å². The topological polar surface area (TPSA) is 76.4 Å². The third kappa shape index (κ3) is 4.48. The van der Waals surface area contributed by atoms with Gasteiger partial charge in [0.15, 0.2) is 0 Å². The first-order chi connectivity index (χ1) is 7.16. The molecule has 0 aliphatic carbocycles. The van der Waals surface area contributed by atoms with E-state index in [1.165, 1.54) is 0 Å². The molecule has 1 aliphatic heterocycles. The molecule has 1 aliphatic rings. The summed E-state index contributed by atoms with van der Waals surface area (Å²) in [5, 5.41) is 5.55. The van der Waals surface area contributed by atoms with Crippen LogP contribution in [0, 0.1) is 0 Å². The molecule has 5 nitrogen and oxygen atoms in total. The van der Waals surface area contributed by atoms with E-state index in [0.29, 0.717) is 26.3 Å². The first-order valence-electron chi connectivity index (χ1n) is 5.55. The van der Waals surface area contributed by atoms with Crippen LogP contribution >= 0.6 is 0 Å². The fraction of sp³-hybridized carbons (Fsp3) is 0.900. The Hall–Kier alpha value is -0.810. The maximum Gasteiger partial charge on any atom is 0.314 e. The second-order valence-corrected chi connectivity index (χ2v) is 4.08. The van der Waals surface area contributed by atoms with Crippen molar-refractivity contribution in [2.24, 2.45) is 5.73 Å². The van der Waals surface area contributed by atoms with Gasteiger partial charge in [0.2, 0.25) is 0 Å². The van der Waals surface area contributed by atoms with Crippen molar-refractivity contribution in [2.75, 3.05) is 26.3 Å². The largest absolute Gasteiger partial charge is 0.381 e. The van der Waals surface area contributed by atoms with Gasteiger partial charge in [-0.15, -0.1) is 0 Å². The molecule has 2 amide bonds. The molecular formula is C10H21N3O2. The Balaban J connectivity index is 2.19. The van der Waals surface area contributed by atoms with Crippen LogP contribution in [-0.4, -0.2) is 37.9 Å². The van der Waals surface area contributed by atoms with Gasteiger partial charge < -0.3 is 21.1 Å². The normalized spacial score (nSPS) is 19.6. The molecule has 1 heterocycles. The van der Waals surface area contributed by atoms with Crippen molar-refractivity contribution in [2.45, 2.75) is 31.7 Å². The number of hydrogen-bond donors (Lipinski definition) is 3. The van der Waals surface area contributed by atoms with Crippen LogP contribution in [0.2, 0.25) is 0 Å². The van der Waals surface area contributed by atoms with Gasteiger partial charge in [-0.1, -0.05) is 6.92 Å². The second kappa shape index (κ2) is 5.92. The lowest BCUT2D eigenvalue weighted by Gasteiger charge is -2.33. The number of carbonyl (C=O) groups excluding carboxylic acids is 1. The molecule has 1 rings (SSSR count). The van der Waals surface area contributed by atoms with Crippen molar-refractivity contribution in [3.63, 3.8) is 0 Å². The monoisotopic (exact) mass is 215 g/mol. The molecular weight excluding hydrogens is 194 g/mol. The lowest BCUT2D eigenvalue weighted by molar-refractivity contribution is 0.0539. The maximum atomic E-state index is 11.3. The molecule has 15 heavy (non-hydrogen) atoms. The molecule has 4 N–H and O–H groups in total. The van der Waals surface area contributed by atoms with Crippen molar-refractivity contribution < 1.29 is 9.53 Å². The molecule has 0 aromatic carbocycles. The summed E-state index contributed by atoms with van der Waals surface area (Å²) < 4.78 is 5.23. The summed E-state index contributed by atoms with van der Waals surface area (Å²) in [6.45, 7) is 4.62. The fourth-order valence-corrected chi connectivity index (χ4v) is 1.51. The van der Waals surface area contributed by atoms with Gasteiger partial charge in [0.1, 0.15) is 0 Å². The lowest BCUT2D eigenvalue weighted by Crippen LogP contribution is -2.54. The molecule has 0 aromatic rings. The van der Waals surface area contributed by atoms with Crippen LogP contribution < -0.4 is 16.4 Å². The van der Waals surface area contributed by atoms with Crippen molar-refractivity contribution in [3.05, 3.63) is 0 Å². The highest BCUT2D eigenvalue weighted by atomic mass is 16.5. The van der Waals surface area contributed by atoms with Crippen LogP contribution in [0.3, 0.4) is 0 Å². The quantitative estimate of drug-likeness (QED) is 0.627. The average molecular weight is 215 g/mol. The first kappa shape index (κ1) is 12.3. The minimum Gasteiger partial charge on any atom is -0.381 e. The highest BCUT2D eigenvalue weighted by Crippen LogP contribution is 2.16. The number of amides is 2. The van der Waals surface area contributed by atoms with Crippen molar-refractivity contribution in [1.29, 1.82) is 0 Å². The third-order valence-corrected chi connectivity index (χ3v) is 2.63. The lowest BCUT2D eigenvalue weighted by atomic mass is 9.91. The first-order valence-corrected chi connectivity index (χ1v) is 5.55. The molecule has 0 aromatic heterocycles. The molecule has 0 unspecified atom stereocenters. The summed E-state index contributed by atoms with van der Waals surface area (Å²) >= 11 is 0. The molecule has 1 fully saturated rings. The van der Waals surface area contributed by atoms with Gasteiger partial charge in [-0.25, -0.2) is 4.79 Å². The van der Waals surface area contributed by atoms with E-state index in [0.717, 1.165) is 19.3 Å². The summed E-state index contributed by atoms with van der Waals surface area (Å²) in [5.41, 5.74) is 5.82. The van der Waals surface area contributed by atoms with E-state index < -0.39 is 0 Å². The van der Waals surface area contributed by atoms with E-state index in [1.807, 2.05) is 6.92 Å². The van der Waals surface area contributed by atoms with Gasteiger partial charge in [-0.3, -0.25) is 0 Å². The van der Waals surface area contributed by atoms with Gasteiger partial charge in [-0.2, -0.15) is 0 Å². The Morgan fingerprint density at radius 3 is 2.67 bits per heavy atom. The maximum absolute atomic E-state index is 11.3. The zero-order valence-corrected chi connectivity index (χ0v) is 9.34. The number of ether oxygens (including phenoxy) is 1. The Kier molecular flexibility index (Phi) is 4.84. The number of rotatable bonds is 4. The van der Waals surface area contributed by atoms with E-state index in [2.05, 4.69) is 10.6 Å². The minimum absolute atomic E-state index is 0.131. The van der Waals surface area contributed by atoms with Crippen LogP contribution in [0.4, 0.5) is 4.79 Å². The van der Waals surface area contributed by atoms with Gasteiger partial charge in [0.05, 0.1) is 0 Å². The zero-order valence-electron chi connectivity index (χ0n) is 9.34. The highest BCUT2D eigenvalue weighted by Gasteiger charge is 2.28. The van der Waals surface area contributed by atoms with Crippen LogP contribution in [0.1, 0.15) is 26.2 Å². The summed E-state index contributed by atoms with van der Waals surface area (Å²) in [6.07, 6.45) is 2.55. The SMILES string of the molecule is CCCNC(=O)NCC1(N)CCOCC1. The molecule has 1 saturated heterocycles. The third-order valence-electron chi connectivity index (χ3n) is 2.63. The van der Waals surface area contributed by atoms with Gasteiger partial charge >= 0.3 is 6.03 Å². The minimum atomic E-state index is -0.290. The van der Waals surface area contributed by atoms with Crippen molar-refractivity contribution >= 4 is 6.03 Å². The number of urea groups is 1. The predicted octanol–water partition coefficient (Wildman–Crippen LogP) is 0.204. The summed E-state index contributed by atoms with van der Waals surface area (Å²) in [5.74, 6) is 0. The standard InChI is InChI=1S/C10H21N3O2/c1-2-5-12-9(14)13-8-10(11)3-6-15-7-4-10/h2-8,11H2,1H3,(H2,12,13,14). The second-order valence-electron chi connectivity index (χ2n) is 4.08. The number of nitrogens with two attached hydrogens (primary N) is 1. The zero-order chi connectivity index (χ0) is 11.1. The van der Waals surface area contributed by atoms with Crippen molar-refractivity contribution in [3.8, 4) is 0 Å². The molecule has 88 valence electrons. The van der Waals surface area contributed by atoms with Crippen LogP contribution in [0.15, 0.2) is 0 Å². The highest BCUT2D eigenvalue weighted by molar-refractivity contribution is 5.73. The Morgan fingerprint density at radius 1 is 1.40 bits per heavy atom.